The lowest BCUT2D eigenvalue weighted by Crippen LogP contribution is -2.43. The number of nitrogens with zero attached hydrogens (tertiary/aromatic N) is 3. The summed E-state index contributed by atoms with van der Waals surface area (Å²) in [5.41, 5.74) is 3.02. The van der Waals surface area contributed by atoms with E-state index in [1.807, 2.05) is 23.1 Å². The van der Waals surface area contributed by atoms with Gasteiger partial charge in [0, 0.05) is 25.1 Å². The Morgan fingerprint density at radius 2 is 2.18 bits per heavy atom. The summed E-state index contributed by atoms with van der Waals surface area (Å²) in [6.45, 7) is 0.578. The Bertz CT molecular complexity index is 711. The van der Waals surface area contributed by atoms with Gasteiger partial charge >= 0.3 is 0 Å². The number of methoxy groups -OCH3 is 1. The molecule has 5 nitrogen and oxygen atoms in total. The fourth-order valence-corrected chi connectivity index (χ4v) is 3.70. The van der Waals surface area contributed by atoms with Crippen LogP contribution in [0.5, 0.6) is 0 Å². The van der Waals surface area contributed by atoms with Crippen molar-refractivity contribution in [1.29, 1.82) is 0 Å². The van der Waals surface area contributed by atoms with Crippen LogP contribution in [-0.4, -0.2) is 35.3 Å². The molecule has 0 saturated heterocycles. The Hall–Kier alpha value is -1.79. The van der Waals surface area contributed by atoms with E-state index in [2.05, 4.69) is 15.7 Å². The van der Waals surface area contributed by atoms with Gasteiger partial charge in [0.25, 0.3) is 5.91 Å². The minimum atomic E-state index is 0.00565. The van der Waals surface area contributed by atoms with Gasteiger partial charge in [-0.2, -0.15) is 0 Å². The maximum atomic E-state index is 13.0. The molecular weight excluding hydrogens is 298 g/mol. The van der Waals surface area contributed by atoms with E-state index in [0.717, 1.165) is 36.2 Å². The maximum Gasteiger partial charge on any atom is 0.272 e. The third-order valence-corrected chi connectivity index (χ3v) is 5.10. The summed E-state index contributed by atoms with van der Waals surface area (Å²) >= 11 is 1.21. The molecule has 2 heterocycles. The van der Waals surface area contributed by atoms with E-state index in [-0.39, 0.29) is 12.0 Å². The number of benzene rings is 1. The van der Waals surface area contributed by atoms with Gasteiger partial charge in [-0.25, -0.2) is 0 Å². The number of fused-ring (bicyclic) bond motifs is 1. The van der Waals surface area contributed by atoms with Gasteiger partial charge < -0.3 is 9.64 Å². The predicted molar refractivity (Wildman–Crippen MR) is 84.5 cm³/mol. The van der Waals surface area contributed by atoms with Gasteiger partial charge in [0.1, 0.15) is 4.88 Å². The molecule has 1 fully saturated rings. The summed E-state index contributed by atoms with van der Waals surface area (Å²) in [6, 6.07) is 8.04. The Balaban J connectivity index is 1.71. The smallest absolute Gasteiger partial charge is 0.272 e. The molecule has 1 aromatic carbocycles. The molecule has 1 saturated carbocycles. The fourth-order valence-electron chi connectivity index (χ4n) is 3.00. The van der Waals surface area contributed by atoms with Gasteiger partial charge in [0.05, 0.1) is 18.3 Å². The summed E-state index contributed by atoms with van der Waals surface area (Å²) in [5, 5.41) is 4.18. The number of amides is 1. The average Bonchev–Trinajstić information content (AvgIpc) is 3.30. The molecule has 1 aliphatic carbocycles. The van der Waals surface area contributed by atoms with Crippen LogP contribution in [0.3, 0.4) is 0 Å². The van der Waals surface area contributed by atoms with Crippen molar-refractivity contribution in [3.8, 4) is 0 Å². The van der Waals surface area contributed by atoms with Crippen molar-refractivity contribution in [3.63, 3.8) is 0 Å². The van der Waals surface area contributed by atoms with E-state index in [1.165, 1.54) is 11.5 Å². The summed E-state index contributed by atoms with van der Waals surface area (Å²) < 4.78 is 9.52. The summed E-state index contributed by atoms with van der Waals surface area (Å²) in [4.78, 5) is 15.6. The largest absolute Gasteiger partial charge is 0.379 e. The molecule has 1 amide bonds. The average molecular weight is 315 g/mol. The number of para-hydroxylation sites is 1. The quantitative estimate of drug-likeness (QED) is 0.874. The fraction of sp³-hybridized carbons (Fsp3) is 0.438. The number of hydrogen-bond acceptors (Lipinski definition) is 5. The molecule has 22 heavy (non-hydrogen) atoms. The Morgan fingerprint density at radius 3 is 2.95 bits per heavy atom. The number of carbonyl (C=O) groups is 1. The minimum absolute atomic E-state index is 0.00565. The lowest BCUT2D eigenvalue weighted by molar-refractivity contribution is 0.0872. The van der Waals surface area contributed by atoms with E-state index < -0.39 is 0 Å². The van der Waals surface area contributed by atoms with E-state index in [1.54, 1.807) is 7.11 Å². The van der Waals surface area contributed by atoms with Crippen LogP contribution in [0.25, 0.3) is 0 Å². The Kier molecular flexibility index (Phi) is 3.43. The normalized spacial score (nSPS) is 20.8. The first-order chi connectivity index (χ1) is 10.8. The van der Waals surface area contributed by atoms with E-state index in [4.69, 9.17) is 4.74 Å². The highest BCUT2D eigenvalue weighted by atomic mass is 32.1. The zero-order chi connectivity index (χ0) is 15.1. The second-order valence-corrected chi connectivity index (χ2v) is 6.62. The van der Waals surface area contributed by atoms with Crippen LogP contribution in [0.2, 0.25) is 0 Å². The number of anilines is 1. The highest BCUT2D eigenvalue weighted by Crippen LogP contribution is 2.42. The molecule has 0 N–H and O–H groups in total. The first-order valence-corrected chi connectivity index (χ1v) is 8.30. The lowest BCUT2D eigenvalue weighted by atomic mass is 9.99. The molecule has 0 radical (unpaired) electrons. The van der Waals surface area contributed by atoms with Crippen molar-refractivity contribution >= 4 is 23.1 Å². The van der Waals surface area contributed by atoms with Crippen molar-refractivity contribution in [2.75, 3.05) is 18.6 Å². The van der Waals surface area contributed by atoms with Crippen LogP contribution >= 0.6 is 11.5 Å². The molecule has 6 heteroatoms. The first-order valence-electron chi connectivity index (χ1n) is 7.52. The zero-order valence-corrected chi connectivity index (χ0v) is 13.2. The van der Waals surface area contributed by atoms with Crippen molar-refractivity contribution in [2.24, 2.45) is 0 Å². The molecular formula is C16H17N3O2S. The molecule has 0 unspecified atom stereocenters. The van der Waals surface area contributed by atoms with Crippen LogP contribution < -0.4 is 4.90 Å². The van der Waals surface area contributed by atoms with Gasteiger partial charge in [-0.15, -0.1) is 5.10 Å². The standard InChI is InChI=1S/C16H17N3O2S/c1-21-12-8-11-4-2-3-5-13(11)19(9-12)16(20)15-14(10-6-7-10)17-18-22-15/h2-5,10,12H,6-9H2,1H3/t12-/m1/s1. The first kappa shape index (κ1) is 13.8. The number of aromatic nitrogens is 2. The topological polar surface area (TPSA) is 55.3 Å². The molecule has 1 aromatic heterocycles. The van der Waals surface area contributed by atoms with Crippen LogP contribution in [0, 0.1) is 0 Å². The molecule has 1 aliphatic heterocycles. The number of rotatable bonds is 3. The molecule has 4 rings (SSSR count). The van der Waals surface area contributed by atoms with Crippen molar-refractivity contribution in [3.05, 3.63) is 40.4 Å². The van der Waals surface area contributed by atoms with Crippen molar-refractivity contribution < 1.29 is 9.53 Å². The molecule has 0 bridgehead atoms. The zero-order valence-electron chi connectivity index (χ0n) is 12.4. The number of carbonyl (C=O) groups excluding carboxylic acids is 1. The van der Waals surface area contributed by atoms with Gasteiger partial charge in [-0.1, -0.05) is 22.7 Å². The van der Waals surface area contributed by atoms with E-state index in [0.29, 0.717) is 17.3 Å². The maximum absolute atomic E-state index is 13.0. The van der Waals surface area contributed by atoms with Crippen LogP contribution in [-0.2, 0) is 11.2 Å². The lowest BCUT2D eigenvalue weighted by Gasteiger charge is -2.33. The summed E-state index contributed by atoms with van der Waals surface area (Å²) in [6.07, 6.45) is 3.10. The Labute approximate surface area is 133 Å². The molecule has 114 valence electrons. The molecule has 0 spiro atoms. The Morgan fingerprint density at radius 1 is 1.36 bits per heavy atom. The minimum Gasteiger partial charge on any atom is -0.379 e. The highest BCUT2D eigenvalue weighted by Gasteiger charge is 2.36. The van der Waals surface area contributed by atoms with E-state index in [9.17, 15) is 4.79 Å². The van der Waals surface area contributed by atoms with Crippen LogP contribution in [0.15, 0.2) is 24.3 Å². The van der Waals surface area contributed by atoms with Gasteiger partial charge in [-0.3, -0.25) is 4.79 Å². The predicted octanol–water partition coefficient (Wildman–Crippen LogP) is 2.63. The highest BCUT2D eigenvalue weighted by molar-refractivity contribution is 7.08. The van der Waals surface area contributed by atoms with Crippen LogP contribution in [0.1, 0.15) is 39.7 Å². The van der Waals surface area contributed by atoms with Gasteiger partial charge in [-0.05, 0) is 36.0 Å². The summed E-state index contributed by atoms with van der Waals surface area (Å²) in [7, 11) is 1.70. The van der Waals surface area contributed by atoms with Crippen LogP contribution in [0.4, 0.5) is 5.69 Å². The third kappa shape index (κ3) is 2.32. The van der Waals surface area contributed by atoms with Gasteiger partial charge in [0.2, 0.25) is 0 Å². The molecule has 2 aromatic rings. The second-order valence-electron chi connectivity index (χ2n) is 5.87. The van der Waals surface area contributed by atoms with Gasteiger partial charge in [0.15, 0.2) is 0 Å². The molecule has 1 atom stereocenters. The number of ether oxygens (including phenoxy) is 1. The second kappa shape index (κ2) is 5.44. The van der Waals surface area contributed by atoms with E-state index >= 15 is 0 Å². The van der Waals surface area contributed by atoms with Crippen molar-refractivity contribution in [1.82, 2.24) is 9.59 Å². The third-order valence-electron chi connectivity index (χ3n) is 4.37. The SMILES string of the molecule is CO[C@@H]1Cc2ccccc2N(C(=O)c2snnc2C2CC2)C1. The molecule has 2 aliphatic rings. The monoisotopic (exact) mass is 315 g/mol. The number of hydrogen-bond donors (Lipinski definition) is 0. The van der Waals surface area contributed by atoms with Crippen molar-refractivity contribution in [2.45, 2.75) is 31.3 Å². The summed E-state index contributed by atoms with van der Waals surface area (Å²) in [5.74, 6) is 0.432.